The predicted octanol–water partition coefficient (Wildman–Crippen LogP) is 3.80. The summed E-state index contributed by atoms with van der Waals surface area (Å²) in [6.07, 6.45) is -0.947. The third-order valence-corrected chi connectivity index (χ3v) is 10.2. The molecular weight excluding hydrogens is 602 g/mol. The molecule has 0 unspecified atom stereocenters. The number of nitrogens with zero attached hydrogens (tertiary/aromatic N) is 2. The molecule has 0 aliphatic carbocycles. The molecule has 12 nitrogen and oxygen atoms in total. The highest BCUT2D eigenvalue weighted by Crippen LogP contribution is 2.33. The number of ether oxygens (including phenoxy) is 4. The van der Waals surface area contributed by atoms with Gasteiger partial charge in [-0.15, -0.1) is 0 Å². The summed E-state index contributed by atoms with van der Waals surface area (Å²) in [5, 5.41) is 26.8. The Labute approximate surface area is 265 Å². The first-order chi connectivity index (χ1) is 21.4. The van der Waals surface area contributed by atoms with Crippen LogP contribution in [0.2, 0.25) is 0 Å². The van der Waals surface area contributed by atoms with Gasteiger partial charge in [0.1, 0.15) is 11.9 Å². The number of amides is 1. The highest BCUT2D eigenvalue weighted by atomic mass is 32.2. The highest BCUT2D eigenvalue weighted by molar-refractivity contribution is 7.89. The number of alkyl carbamates (subject to hydrolysis) is 1. The van der Waals surface area contributed by atoms with Crippen LogP contribution in [0.3, 0.4) is 0 Å². The molecule has 45 heavy (non-hydrogen) atoms. The molecule has 4 rings (SSSR count). The number of fused-ring (bicyclic) bond motifs is 1. The van der Waals surface area contributed by atoms with E-state index in [1.165, 1.54) is 23.5 Å². The molecule has 2 heterocycles. The second-order valence-corrected chi connectivity index (χ2v) is 14.4. The zero-order chi connectivity index (χ0) is 32.6. The number of carbonyl (C=O) groups excluding carboxylic acids is 1. The van der Waals surface area contributed by atoms with Crippen LogP contribution in [0.15, 0.2) is 64.6 Å². The molecule has 5 atom stereocenters. The maximum Gasteiger partial charge on any atom is 0.407 e. The van der Waals surface area contributed by atoms with E-state index in [1.807, 2.05) is 44.2 Å². The van der Waals surface area contributed by atoms with Crippen LogP contribution >= 0.6 is 0 Å². The number of nitrogens with one attached hydrogen (secondary N) is 1. The van der Waals surface area contributed by atoms with Gasteiger partial charge in [0.25, 0.3) is 0 Å². The van der Waals surface area contributed by atoms with Crippen molar-refractivity contribution < 1.29 is 42.5 Å². The van der Waals surface area contributed by atoms with Gasteiger partial charge in [-0.05, 0) is 67.9 Å². The fourth-order valence-corrected chi connectivity index (χ4v) is 7.27. The molecule has 2 aliphatic heterocycles. The quantitative estimate of drug-likeness (QED) is 0.149. The van der Waals surface area contributed by atoms with Gasteiger partial charge >= 0.3 is 6.09 Å². The van der Waals surface area contributed by atoms with Crippen LogP contribution in [0, 0.1) is 11.3 Å². The van der Waals surface area contributed by atoms with E-state index in [1.54, 1.807) is 19.1 Å². The number of carbonyl (C=O) groups is 1. The van der Waals surface area contributed by atoms with Gasteiger partial charge in [0.05, 0.1) is 49.0 Å². The Bertz CT molecular complexity index is 1390. The van der Waals surface area contributed by atoms with Crippen LogP contribution in [0.5, 0.6) is 5.75 Å². The van der Waals surface area contributed by atoms with Gasteiger partial charge in [0, 0.05) is 13.1 Å². The van der Waals surface area contributed by atoms with Crippen LogP contribution in [0.25, 0.3) is 0 Å². The van der Waals surface area contributed by atoms with E-state index < -0.39 is 39.8 Å². The minimum Gasteiger partial charge on any atom is -0.497 e. The number of hydrogen-bond donors (Lipinski definition) is 3. The average Bonchev–Trinajstić information content (AvgIpc) is 3.65. The third-order valence-electron chi connectivity index (χ3n) is 8.34. The number of rotatable bonds is 15. The molecule has 248 valence electrons. The number of benzene rings is 2. The van der Waals surface area contributed by atoms with Crippen molar-refractivity contribution in [3.05, 3.63) is 60.2 Å². The van der Waals surface area contributed by atoms with Gasteiger partial charge in [-0.25, -0.2) is 13.2 Å². The van der Waals surface area contributed by atoms with Crippen molar-refractivity contribution in [2.75, 3.05) is 33.4 Å². The summed E-state index contributed by atoms with van der Waals surface area (Å²) in [6, 6.07) is 14.5. The maximum atomic E-state index is 14.1. The Hall–Kier alpha value is -3.23. The van der Waals surface area contributed by atoms with Crippen molar-refractivity contribution >= 4 is 21.8 Å². The van der Waals surface area contributed by atoms with E-state index in [4.69, 9.17) is 24.2 Å². The van der Waals surface area contributed by atoms with Crippen molar-refractivity contribution in [3.8, 4) is 5.75 Å². The van der Waals surface area contributed by atoms with Crippen LogP contribution < -0.4 is 10.1 Å². The Balaban J connectivity index is 1.57. The van der Waals surface area contributed by atoms with E-state index in [0.29, 0.717) is 30.9 Å². The summed E-state index contributed by atoms with van der Waals surface area (Å²) in [5.41, 5.74) is 0.815. The van der Waals surface area contributed by atoms with E-state index in [9.17, 15) is 18.3 Å². The topological polar surface area (TPSA) is 156 Å². The van der Waals surface area contributed by atoms with Crippen LogP contribution in [-0.2, 0) is 30.7 Å². The summed E-state index contributed by atoms with van der Waals surface area (Å²) in [7, 11) is -2.60. The van der Waals surface area contributed by atoms with Crippen LogP contribution in [0.1, 0.15) is 45.6 Å². The first-order valence-electron chi connectivity index (χ1n) is 15.2. The van der Waals surface area contributed by atoms with Gasteiger partial charge in [-0.2, -0.15) is 4.31 Å². The molecule has 2 aromatic rings. The molecule has 2 saturated heterocycles. The fraction of sp³-hybridized carbons (Fsp3) is 0.562. The minimum absolute atomic E-state index is 0.0425. The van der Waals surface area contributed by atoms with Crippen molar-refractivity contribution in [2.24, 2.45) is 16.5 Å². The highest BCUT2D eigenvalue weighted by Gasteiger charge is 2.44. The summed E-state index contributed by atoms with van der Waals surface area (Å²) >= 11 is 0. The van der Waals surface area contributed by atoms with Gasteiger partial charge in [0.15, 0.2) is 6.29 Å². The molecule has 0 aromatic heterocycles. The monoisotopic (exact) mass is 647 g/mol. The van der Waals surface area contributed by atoms with Crippen molar-refractivity contribution in [1.82, 2.24) is 9.62 Å². The molecule has 2 aliphatic rings. The molecule has 0 bridgehead atoms. The first kappa shape index (κ1) is 34.6. The number of methoxy groups -OCH3 is 1. The number of aliphatic hydroxyl groups is 1. The van der Waals surface area contributed by atoms with Gasteiger partial charge in [-0.3, -0.25) is 0 Å². The summed E-state index contributed by atoms with van der Waals surface area (Å²) in [5.74, 6) is 0.452. The molecule has 1 amide bonds. The molecule has 2 fully saturated rings. The van der Waals surface area contributed by atoms with E-state index in [2.05, 4.69) is 10.5 Å². The van der Waals surface area contributed by atoms with E-state index in [-0.39, 0.29) is 43.2 Å². The number of aliphatic hydroxyl groups excluding tert-OH is 1. The Kier molecular flexibility index (Phi) is 11.8. The molecule has 0 radical (unpaired) electrons. The van der Waals surface area contributed by atoms with E-state index in [0.717, 1.165) is 12.0 Å². The Morgan fingerprint density at radius 1 is 1.16 bits per heavy atom. The smallest absolute Gasteiger partial charge is 0.407 e. The average molecular weight is 648 g/mol. The number of sulfonamides is 1. The zero-order valence-corrected chi connectivity index (χ0v) is 27.1. The molecular formula is C32H45N3O9S. The second-order valence-electron chi connectivity index (χ2n) is 12.4. The normalized spacial score (nSPS) is 21.7. The van der Waals surface area contributed by atoms with E-state index >= 15 is 0 Å². The van der Waals surface area contributed by atoms with Gasteiger partial charge < -0.3 is 34.6 Å². The molecule has 13 heteroatoms. The number of hydrogen-bond acceptors (Lipinski definition) is 10. The fourth-order valence-electron chi connectivity index (χ4n) is 5.63. The standard InChI is InChI=1S/C32H45N3O9S/c1-22(34-38)14-16-32(2,3)21-35(45(39,40)25-12-10-24(41-4)11-13-25)19-28(36)27(18-23-8-6-5-7-9-23)33-31(37)44-29-20-43-30-26(29)15-17-42-30/h5-13,26-30,36,38H,14-21H2,1-4H3,(H,33,37)/b34-22+/t26-,27-,28+,29-,30+/m0/s1. The first-order valence-corrected chi connectivity index (χ1v) is 16.6. The zero-order valence-electron chi connectivity index (χ0n) is 26.3. The largest absolute Gasteiger partial charge is 0.497 e. The van der Waals surface area contributed by atoms with Gasteiger partial charge in [-0.1, -0.05) is 49.3 Å². The van der Waals surface area contributed by atoms with Crippen LogP contribution in [-0.4, -0.2) is 92.8 Å². The summed E-state index contributed by atoms with van der Waals surface area (Å²) in [4.78, 5) is 13.2. The van der Waals surface area contributed by atoms with Crippen LogP contribution in [0.4, 0.5) is 4.79 Å². The Morgan fingerprint density at radius 2 is 1.87 bits per heavy atom. The predicted molar refractivity (Wildman–Crippen MR) is 167 cm³/mol. The summed E-state index contributed by atoms with van der Waals surface area (Å²) < 4.78 is 51.4. The lowest BCUT2D eigenvalue weighted by Gasteiger charge is -2.35. The molecule has 0 saturated carbocycles. The van der Waals surface area contributed by atoms with Gasteiger partial charge in [0.2, 0.25) is 10.0 Å². The number of oxime groups is 1. The van der Waals surface area contributed by atoms with Crippen molar-refractivity contribution in [1.29, 1.82) is 0 Å². The lowest BCUT2D eigenvalue weighted by atomic mass is 9.86. The lowest BCUT2D eigenvalue weighted by molar-refractivity contribution is -0.0907. The SMILES string of the molecule is COc1ccc(S(=O)(=O)N(C[C@@H](O)[C@H](Cc2ccccc2)NC(=O)O[C@H]2CO[C@H]3OCC[C@H]32)CC(C)(C)CC/C(C)=N/O)cc1. The summed E-state index contributed by atoms with van der Waals surface area (Å²) in [6.45, 7) is 6.05. The molecule has 3 N–H and O–H groups in total. The minimum atomic E-state index is -4.10. The third kappa shape index (κ3) is 9.39. The van der Waals surface area contributed by atoms with Crippen molar-refractivity contribution in [3.63, 3.8) is 0 Å². The molecule has 2 aromatic carbocycles. The molecule has 0 spiro atoms. The Morgan fingerprint density at radius 3 is 2.53 bits per heavy atom. The second kappa shape index (κ2) is 15.4. The lowest BCUT2D eigenvalue weighted by Crippen LogP contribution is -2.52. The maximum absolute atomic E-state index is 14.1. The van der Waals surface area contributed by atoms with Crippen molar-refractivity contribution in [2.45, 2.75) is 75.9 Å².